The summed E-state index contributed by atoms with van der Waals surface area (Å²) in [6, 6.07) is 6.34. The minimum absolute atomic E-state index is 0.164. The van der Waals surface area contributed by atoms with Gasteiger partial charge in [0, 0.05) is 45.0 Å². The van der Waals surface area contributed by atoms with Crippen LogP contribution < -0.4 is 5.32 Å². The van der Waals surface area contributed by atoms with E-state index in [1.54, 1.807) is 0 Å². The lowest BCUT2D eigenvalue weighted by molar-refractivity contribution is -0.123. The van der Waals surface area contributed by atoms with Gasteiger partial charge in [-0.25, -0.2) is 0 Å². The van der Waals surface area contributed by atoms with E-state index in [-0.39, 0.29) is 11.9 Å². The molecule has 1 aromatic rings. The van der Waals surface area contributed by atoms with Gasteiger partial charge < -0.3 is 5.32 Å². The molecule has 1 amide bonds. The van der Waals surface area contributed by atoms with Gasteiger partial charge in [-0.3, -0.25) is 19.6 Å². The minimum atomic E-state index is 0.164. The number of unbranched alkanes of at least 4 members (excludes halogenated alkanes) is 2. The van der Waals surface area contributed by atoms with Gasteiger partial charge >= 0.3 is 0 Å². The quantitative estimate of drug-likeness (QED) is 0.705. The Morgan fingerprint density at radius 2 is 1.96 bits per heavy atom. The predicted octanol–water partition coefficient (Wildman–Crippen LogP) is 2.28. The first kappa shape index (κ1) is 18.9. The fraction of sp³-hybridized carbons (Fsp3) is 0.684. The average molecular weight is 332 g/mol. The molecule has 0 spiro atoms. The topological polar surface area (TPSA) is 48.5 Å². The monoisotopic (exact) mass is 332 g/mol. The van der Waals surface area contributed by atoms with Crippen LogP contribution in [0.3, 0.4) is 0 Å². The number of rotatable bonds is 9. The first-order chi connectivity index (χ1) is 11.7. The summed E-state index contributed by atoms with van der Waals surface area (Å²) >= 11 is 0. The highest BCUT2D eigenvalue weighted by Gasteiger charge is 2.19. The highest BCUT2D eigenvalue weighted by molar-refractivity contribution is 5.78. The predicted molar refractivity (Wildman–Crippen MR) is 97.7 cm³/mol. The van der Waals surface area contributed by atoms with Crippen LogP contribution in [0.2, 0.25) is 0 Å². The maximum absolute atomic E-state index is 12.2. The number of amides is 1. The first-order valence-electron chi connectivity index (χ1n) is 9.31. The van der Waals surface area contributed by atoms with Gasteiger partial charge in [0.2, 0.25) is 5.91 Å². The first-order valence-corrected chi connectivity index (χ1v) is 9.31. The Balaban J connectivity index is 1.62. The Labute approximate surface area is 146 Å². The van der Waals surface area contributed by atoms with E-state index in [2.05, 4.69) is 40.0 Å². The maximum atomic E-state index is 12.2. The third kappa shape index (κ3) is 6.97. The van der Waals surface area contributed by atoms with Gasteiger partial charge in [0.25, 0.3) is 0 Å². The molecule has 0 radical (unpaired) electrons. The third-order valence-electron chi connectivity index (χ3n) is 4.59. The molecule has 5 heteroatoms. The SMILES string of the molecule is CCCCCC(C)NC(=O)CN1CCN(Cc2ccccn2)CC1. The lowest BCUT2D eigenvalue weighted by Gasteiger charge is -2.34. The second-order valence-electron chi connectivity index (χ2n) is 6.84. The lowest BCUT2D eigenvalue weighted by Crippen LogP contribution is -2.50. The lowest BCUT2D eigenvalue weighted by atomic mass is 10.1. The van der Waals surface area contributed by atoms with Crippen LogP contribution in [0.15, 0.2) is 24.4 Å². The molecular weight excluding hydrogens is 300 g/mol. The Morgan fingerprint density at radius 1 is 1.21 bits per heavy atom. The Bertz CT molecular complexity index is 472. The van der Waals surface area contributed by atoms with Crippen LogP contribution in [0.4, 0.5) is 0 Å². The molecule has 1 aromatic heterocycles. The molecule has 1 aliphatic heterocycles. The van der Waals surface area contributed by atoms with E-state index in [9.17, 15) is 4.79 Å². The van der Waals surface area contributed by atoms with E-state index in [0.717, 1.165) is 44.8 Å². The molecule has 1 atom stereocenters. The van der Waals surface area contributed by atoms with Crippen LogP contribution >= 0.6 is 0 Å². The molecule has 0 aromatic carbocycles. The number of pyridine rings is 1. The van der Waals surface area contributed by atoms with Crippen molar-refractivity contribution in [1.82, 2.24) is 20.1 Å². The number of piperazine rings is 1. The molecule has 24 heavy (non-hydrogen) atoms. The molecule has 1 saturated heterocycles. The molecule has 2 rings (SSSR count). The molecule has 0 bridgehead atoms. The summed E-state index contributed by atoms with van der Waals surface area (Å²) in [7, 11) is 0. The number of carbonyl (C=O) groups excluding carboxylic acids is 1. The molecule has 0 saturated carbocycles. The van der Waals surface area contributed by atoms with Crippen LogP contribution in [0, 0.1) is 0 Å². The highest BCUT2D eigenvalue weighted by atomic mass is 16.2. The van der Waals surface area contributed by atoms with Crippen molar-refractivity contribution in [2.24, 2.45) is 0 Å². The molecule has 1 aliphatic rings. The van der Waals surface area contributed by atoms with Crippen molar-refractivity contribution >= 4 is 5.91 Å². The number of hydrogen-bond donors (Lipinski definition) is 1. The van der Waals surface area contributed by atoms with Gasteiger partial charge in [0.1, 0.15) is 0 Å². The fourth-order valence-corrected chi connectivity index (χ4v) is 3.12. The summed E-state index contributed by atoms with van der Waals surface area (Å²) in [5.74, 6) is 0.164. The molecule has 5 nitrogen and oxygen atoms in total. The van der Waals surface area contributed by atoms with Crippen LogP contribution in [0.1, 0.15) is 45.2 Å². The number of nitrogens with zero attached hydrogens (tertiary/aromatic N) is 3. The summed E-state index contributed by atoms with van der Waals surface area (Å²) in [4.78, 5) is 21.2. The summed E-state index contributed by atoms with van der Waals surface area (Å²) in [5, 5.41) is 3.13. The number of carbonyl (C=O) groups is 1. The standard InChI is InChI=1S/C19H32N4O/c1-3-4-5-8-17(2)21-19(24)16-23-13-11-22(12-14-23)15-18-9-6-7-10-20-18/h6-7,9-10,17H,3-5,8,11-16H2,1-2H3,(H,21,24). The van der Waals surface area contributed by atoms with Crippen molar-refractivity contribution in [2.45, 2.75) is 52.1 Å². The smallest absolute Gasteiger partial charge is 0.234 e. The van der Waals surface area contributed by atoms with Crippen LogP contribution in [0.5, 0.6) is 0 Å². The third-order valence-corrected chi connectivity index (χ3v) is 4.59. The van der Waals surface area contributed by atoms with Gasteiger partial charge in [-0.1, -0.05) is 32.3 Å². The number of hydrogen-bond acceptors (Lipinski definition) is 4. The van der Waals surface area contributed by atoms with Gasteiger partial charge in [-0.05, 0) is 25.5 Å². The van der Waals surface area contributed by atoms with Gasteiger partial charge in [0.05, 0.1) is 12.2 Å². The molecule has 0 aliphatic carbocycles. The van der Waals surface area contributed by atoms with Crippen LogP contribution in [-0.2, 0) is 11.3 Å². The van der Waals surface area contributed by atoms with Crippen molar-refractivity contribution in [3.05, 3.63) is 30.1 Å². The molecule has 2 heterocycles. The van der Waals surface area contributed by atoms with E-state index < -0.39 is 0 Å². The van der Waals surface area contributed by atoms with Crippen molar-refractivity contribution in [2.75, 3.05) is 32.7 Å². The Kier molecular flexibility index (Phi) is 8.19. The summed E-state index contributed by atoms with van der Waals surface area (Å²) in [6.07, 6.45) is 6.60. The second-order valence-corrected chi connectivity index (χ2v) is 6.84. The zero-order valence-corrected chi connectivity index (χ0v) is 15.2. The molecule has 1 fully saturated rings. The van der Waals surface area contributed by atoms with Crippen LogP contribution in [0.25, 0.3) is 0 Å². The van der Waals surface area contributed by atoms with Gasteiger partial charge in [-0.15, -0.1) is 0 Å². The van der Waals surface area contributed by atoms with E-state index in [1.807, 2.05) is 18.3 Å². The number of aromatic nitrogens is 1. The van der Waals surface area contributed by atoms with Crippen molar-refractivity contribution < 1.29 is 4.79 Å². The summed E-state index contributed by atoms with van der Waals surface area (Å²) in [6.45, 7) is 9.63. The normalized spacial score (nSPS) is 17.6. The number of nitrogens with one attached hydrogen (secondary N) is 1. The largest absolute Gasteiger partial charge is 0.353 e. The van der Waals surface area contributed by atoms with E-state index in [0.29, 0.717) is 6.54 Å². The molecule has 134 valence electrons. The molecule has 1 unspecified atom stereocenters. The summed E-state index contributed by atoms with van der Waals surface area (Å²) < 4.78 is 0. The fourth-order valence-electron chi connectivity index (χ4n) is 3.12. The highest BCUT2D eigenvalue weighted by Crippen LogP contribution is 2.07. The Hall–Kier alpha value is -1.46. The second kappa shape index (κ2) is 10.4. The molecule has 1 N–H and O–H groups in total. The average Bonchev–Trinajstić information content (AvgIpc) is 2.58. The zero-order valence-electron chi connectivity index (χ0n) is 15.2. The van der Waals surface area contributed by atoms with Gasteiger partial charge in [-0.2, -0.15) is 0 Å². The minimum Gasteiger partial charge on any atom is -0.353 e. The van der Waals surface area contributed by atoms with Crippen molar-refractivity contribution in [3.8, 4) is 0 Å². The van der Waals surface area contributed by atoms with E-state index >= 15 is 0 Å². The van der Waals surface area contributed by atoms with E-state index in [1.165, 1.54) is 19.3 Å². The zero-order chi connectivity index (χ0) is 17.2. The van der Waals surface area contributed by atoms with Gasteiger partial charge in [0.15, 0.2) is 0 Å². The maximum Gasteiger partial charge on any atom is 0.234 e. The summed E-state index contributed by atoms with van der Waals surface area (Å²) in [5.41, 5.74) is 1.12. The Morgan fingerprint density at radius 3 is 2.62 bits per heavy atom. The molecular formula is C19H32N4O. The van der Waals surface area contributed by atoms with Crippen molar-refractivity contribution in [1.29, 1.82) is 0 Å². The van der Waals surface area contributed by atoms with E-state index in [4.69, 9.17) is 0 Å². The van der Waals surface area contributed by atoms with Crippen molar-refractivity contribution in [3.63, 3.8) is 0 Å². The van der Waals surface area contributed by atoms with Crippen LogP contribution in [-0.4, -0.2) is 59.5 Å².